The van der Waals surface area contributed by atoms with Gasteiger partial charge in [0.2, 0.25) is 11.8 Å². The molecule has 2 aliphatic rings. The Bertz CT molecular complexity index is 447. The number of amides is 1. The number of carbonyl (C=O) groups is 1. The predicted molar refractivity (Wildman–Crippen MR) is 65.1 cm³/mol. The van der Waals surface area contributed by atoms with E-state index in [9.17, 15) is 4.79 Å². The highest BCUT2D eigenvalue weighted by atomic mass is 16.4. The normalized spacial score (nSPS) is 22.7. The predicted octanol–water partition coefficient (Wildman–Crippen LogP) is 1.28. The fraction of sp³-hybridized carbons (Fsp3) is 0.750. The third-order valence-corrected chi connectivity index (χ3v) is 3.84. The van der Waals surface area contributed by atoms with Crippen molar-refractivity contribution < 1.29 is 9.21 Å². The second kappa shape index (κ2) is 4.35. The van der Waals surface area contributed by atoms with Crippen LogP contribution in [0.5, 0.6) is 0 Å². The van der Waals surface area contributed by atoms with Crippen LogP contribution in [0.15, 0.2) is 4.42 Å². The minimum Gasteiger partial charge on any atom is -0.408 e. The third-order valence-electron chi connectivity index (χ3n) is 3.84. The topological polar surface area (TPSA) is 80.1 Å². The second-order valence-corrected chi connectivity index (χ2v) is 5.48. The Labute approximate surface area is 106 Å². The molecule has 0 bridgehead atoms. The number of nitrogens with zero attached hydrogens (tertiary/aromatic N) is 2. The Hall–Kier alpha value is -1.43. The maximum Gasteiger partial charge on any atom is 0.322 e. The molecule has 1 aliphatic carbocycles. The Morgan fingerprint density at radius 2 is 2.11 bits per heavy atom. The molecule has 1 aromatic heterocycles. The van der Waals surface area contributed by atoms with E-state index in [0.717, 1.165) is 38.8 Å². The molecule has 2 N–H and O–H groups in total. The van der Waals surface area contributed by atoms with Gasteiger partial charge in [-0.1, -0.05) is 12.0 Å². The number of piperidine rings is 1. The van der Waals surface area contributed by atoms with E-state index in [2.05, 4.69) is 20.8 Å². The molecular weight excluding hydrogens is 232 g/mol. The van der Waals surface area contributed by atoms with Crippen LogP contribution in [0, 0.1) is 5.41 Å². The van der Waals surface area contributed by atoms with E-state index in [0.29, 0.717) is 11.8 Å². The zero-order chi connectivity index (χ0) is 12.6. The van der Waals surface area contributed by atoms with Gasteiger partial charge in [-0.25, -0.2) is 0 Å². The number of hydrogen-bond acceptors (Lipinski definition) is 5. The van der Waals surface area contributed by atoms with Crippen molar-refractivity contribution in [1.82, 2.24) is 15.5 Å². The van der Waals surface area contributed by atoms with Crippen LogP contribution >= 0.6 is 0 Å². The molecule has 1 saturated heterocycles. The quantitative estimate of drug-likeness (QED) is 0.844. The number of aromatic nitrogens is 2. The van der Waals surface area contributed by atoms with Crippen LogP contribution in [-0.2, 0) is 4.79 Å². The molecule has 1 amide bonds. The molecule has 1 aromatic rings. The van der Waals surface area contributed by atoms with Gasteiger partial charge in [0.05, 0.1) is 0 Å². The van der Waals surface area contributed by atoms with Gasteiger partial charge in [-0.2, -0.15) is 0 Å². The van der Waals surface area contributed by atoms with Gasteiger partial charge in [0, 0.05) is 11.3 Å². The molecule has 1 saturated carbocycles. The van der Waals surface area contributed by atoms with E-state index >= 15 is 0 Å². The van der Waals surface area contributed by atoms with Crippen LogP contribution < -0.4 is 10.6 Å². The van der Waals surface area contributed by atoms with Gasteiger partial charge in [-0.15, -0.1) is 5.10 Å². The lowest BCUT2D eigenvalue weighted by molar-refractivity contribution is -0.126. The van der Waals surface area contributed by atoms with E-state index in [1.807, 2.05) is 6.92 Å². The standard InChI is InChI=1S/C12H18N4O2/c1-12(4-6-13-7-5-12)10(17)14-11-16-15-9(18-11)8-2-3-8/h8,13H,2-7H2,1H3,(H,14,16,17). The van der Waals surface area contributed by atoms with Gasteiger partial charge in [-0.05, 0) is 38.8 Å². The maximum atomic E-state index is 12.2. The van der Waals surface area contributed by atoms with Crippen molar-refractivity contribution in [3.05, 3.63) is 5.89 Å². The SMILES string of the molecule is CC1(C(=O)Nc2nnc(C3CC3)o2)CCNCC1. The first kappa shape index (κ1) is 11.6. The molecule has 0 atom stereocenters. The molecule has 0 aromatic carbocycles. The summed E-state index contributed by atoms with van der Waals surface area (Å²) in [5.41, 5.74) is -0.334. The zero-order valence-electron chi connectivity index (χ0n) is 10.5. The largest absolute Gasteiger partial charge is 0.408 e. The Balaban J connectivity index is 1.65. The summed E-state index contributed by atoms with van der Waals surface area (Å²) in [5.74, 6) is 1.05. The highest BCUT2D eigenvalue weighted by Crippen LogP contribution is 2.39. The summed E-state index contributed by atoms with van der Waals surface area (Å²) < 4.78 is 5.44. The van der Waals surface area contributed by atoms with Gasteiger partial charge < -0.3 is 9.73 Å². The molecule has 3 rings (SSSR count). The van der Waals surface area contributed by atoms with E-state index in [1.165, 1.54) is 0 Å². The molecule has 0 unspecified atom stereocenters. The number of nitrogens with one attached hydrogen (secondary N) is 2. The van der Waals surface area contributed by atoms with Crippen molar-refractivity contribution in [1.29, 1.82) is 0 Å². The van der Waals surface area contributed by atoms with Crippen molar-refractivity contribution in [2.24, 2.45) is 5.41 Å². The maximum absolute atomic E-state index is 12.2. The monoisotopic (exact) mass is 250 g/mol. The van der Waals surface area contributed by atoms with Gasteiger partial charge >= 0.3 is 6.01 Å². The number of anilines is 1. The fourth-order valence-electron chi connectivity index (χ4n) is 2.23. The van der Waals surface area contributed by atoms with Crippen molar-refractivity contribution in [3.8, 4) is 0 Å². The van der Waals surface area contributed by atoms with Crippen LogP contribution in [0.4, 0.5) is 6.01 Å². The summed E-state index contributed by atoms with van der Waals surface area (Å²) in [6, 6.07) is 0.238. The Morgan fingerprint density at radius 1 is 1.39 bits per heavy atom. The zero-order valence-corrected chi connectivity index (χ0v) is 10.5. The summed E-state index contributed by atoms with van der Waals surface area (Å²) >= 11 is 0. The van der Waals surface area contributed by atoms with E-state index < -0.39 is 0 Å². The molecule has 2 fully saturated rings. The van der Waals surface area contributed by atoms with Crippen LogP contribution in [0.1, 0.15) is 44.4 Å². The van der Waals surface area contributed by atoms with Crippen molar-refractivity contribution in [2.45, 2.75) is 38.5 Å². The van der Waals surface area contributed by atoms with Crippen LogP contribution in [0.25, 0.3) is 0 Å². The summed E-state index contributed by atoms with van der Waals surface area (Å²) in [7, 11) is 0. The second-order valence-electron chi connectivity index (χ2n) is 5.48. The van der Waals surface area contributed by atoms with Gasteiger partial charge in [0.1, 0.15) is 0 Å². The minimum absolute atomic E-state index is 0.0185. The highest BCUT2D eigenvalue weighted by Gasteiger charge is 2.36. The van der Waals surface area contributed by atoms with Crippen molar-refractivity contribution in [3.63, 3.8) is 0 Å². The Morgan fingerprint density at radius 3 is 2.78 bits per heavy atom. The lowest BCUT2D eigenvalue weighted by Crippen LogP contribution is -2.42. The summed E-state index contributed by atoms with van der Waals surface area (Å²) in [5, 5.41) is 13.8. The molecule has 98 valence electrons. The molecule has 0 radical (unpaired) electrons. The molecule has 6 heteroatoms. The number of hydrogen-bond donors (Lipinski definition) is 2. The fourth-order valence-corrected chi connectivity index (χ4v) is 2.23. The smallest absolute Gasteiger partial charge is 0.322 e. The van der Waals surface area contributed by atoms with Crippen LogP contribution in [0.2, 0.25) is 0 Å². The van der Waals surface area contributed by atoms with E-state index in [-0.39, 0.29) is 17.3 Å². The van der Waals surface area contributed by atoms with Crippen LogP contribution in [-0.4, -0.2) is 29.2 Å². The first-order valence-electron chi connectivity index (χ1n) is 6.53. The van der Waals surface area contributed by atoms with E-state index in [4.69, 9.17) is 4.42 Å². The summed E-state index contributed by atoms with van der Waals surface area (Å²) in [6.07, 6.45) is 3.89. The lowest BCUT2D eigenvalue weighted by atomic mass is 9.80. The molecule has 2 heterocycles. The average Bonchev–Trinajstić information content (AvgIpc) is 3.11. The van der Waals surface area contributed by atoms with Crippen LogP contribution in [0.3, 0.4) is 0 Å². The van der Waals surface area contributed by atoms with Gasteiger partial charge in [0.25, 0.3) is 0 Å². The van der Waals surface area contributed by atoms with E-state index in [1.54, 1.807) is 0 Å². The molecule has 6 nitrogen and oxygen atoms in total. The summed E-state index contributed by atoms with van der Waals surface area (Å²) in [6.45, 7) is 3.74. The number of rotatable bonds is 3. The first-order valence-corrected chi connectivity index (χ1v) is 6.53. The molecule has 18 heavy (non-hydrogen) atoms. The number of carbonyl (C=O) groups excluding carboxylic acids is 1. The van der Waals surface area contributed by atoms with Gasteiger partial charge in [-0.3, -0.25) is 10.1 Å². The molecular formula is C12H18N4O2. The molecule has 1 aliphatic heterocycles. The van der Waals surface area contributed by atoms with Gasteiger partial charge in [0.15, 0.2) is 0 Å². The minimum atomic E-state index is -0.334. The summed E-state index contributed by atoms with van der Waals surface area (Å²) in [4.78, 5) is 12.2. The lowest BCUT2D eigenvalue weighted by Gasteiger charge is -2.31. The highest BCUT2D eigenvalue weighted by molar-refractivity contribution is 5.93. The Kier molecular flexibility index (Phi) is 2.81. The van der Waals surface area contributed by atoms with Crippen molar-refractivity contribution >= 4 is 11.9 Å². The molecule has 0 spiro atoms. The van der Waals surface area contributed by atoms with Crippen molar-refractivity contribution in [2.75, 3.05) is 18.4 Å². The third kappa shape index (κ3) is 2.25. The first-order chi connectivity index (χ1) is 8.67. The average molecular weight is 250 g/mol.